The van der Waals surface area contributed by atoms with Gasteiger partial charge in [0, 0.05) is 25.7 Å². The minimum Gasteiger partial charge on any atom is -0.483 e. The lowest BCUT2D eigenvalue weighted by molar-refractivity contribution is -0.122. The lowest BCUT2D eigenvalue weighted by Gasteiger charge is -2.26. The van der Waals surface area contributed by atoms with Gasteiger partial charge in [0.1, 0.15) is 5.69 Å². The Kier molecular flexibility index (Phi) is 6.43. The van der Waals surface area contributed by atoms with E-state index in [0.717, 1.165) is 56.7 Å². The Labute approximate surface area is 178 Å². The number of imidazole rings is 1. The second-order valence-electron chi connectivity index (χ2n) is 7.46. The number of morpholine rings is 1. The summed E-state index contributed by atoms with van der Waals surface area (Å²) in [5, 5.41) is 19.6. The molecule has 11 nitrogen and oxygen atoms in total. The predicted octanol–water partition coefficient (Wildman–Crippen LogP) is 1.77. The van der Waals surface area contributed by atoms with E-state index in [0.29, 0.717) is 23.2 Å². The number of carbonyl (C=O) groups is 2. The molecule has 0 unspecified atom stereocenters. The summed E-state index contributed by atoms with van der Waals surface area (Å²) in [6.45, 7) is 4.14. The quantitative estimate of drug-likeness (QED) is 0.390. The molecule has 5 rings (SSSR count). The van der Waals surface area contributed by atoms with Crippen LogP contribution in [0.1, 0.15) is 18.4 Å². The van der Waals surface area contributed by atoms with Gasteiger partial charge in [0.15, 0.2) is 5.82 Å². The zero-order valence-corrected chi connectivity index (χ0v) is 16.9. The smallest absolute Gasteiger partial charge is 0.319 e. The summed E-state index contributed by atoms with van der Waals surface area (Å²) in [5.74, 6) is 0.651. The number of carbonyl (C=O) groups excluding carboxylic acids is 1. The van der Waals surface area contributed by atoms with Crippen LogP contribution in [-0.4, -0.2) is 75.0 Å². The number of rotatable bonds is 5. The number of nitrogens with one attached hydrogen (secondary N) is 4. The number of carboxylic acid groups (broad SMARTS) is 1. The van der Waals surface area contributed by atoms with Gasteiger partial charge < -0.3 is 25.5 Å². The Morgan fingerprint density at radius 3 is 2.84 bits per heavy atom. The molecule has 1 aliphatic heterocycles. The molecule has 1 saturated heterocycles. The first-order chi connectivity index (χ1) is 15.2. The van der Waals surface area contributed by atoms with Gasteiger partial charge in [-0.3, -0.25) is 14.8 Å². The highest BCUT2D eigenvalue weighted by Gasteiger charge is 2.24. The molecule has 1 saturated carbocycles. The van der Waals surface area contributed by atoms with Crippen LogP contribution >= 0.6 is 0 Å². The zero-order valence-electron chi connectivity index (χ0n) is 16.9. The molecule has 2 aliphatic rings. The molecule has 11 heteroatoms. The largest absolute Gasteiger partial charge is 0.483 e. The fraction of sp³-hybridized carbons (Fsp3) is 0.400. The third-order valence-corrected chi connectivity index (χ3v) is 5.09. The molecule has 0 spiro atoms. The molecule has 3 heterocycles. The van der Waals surface area contributed by atoms with Crippen LogP contribution in [0, 0.1) is 0 Å². The number of anilines is 1. The van der Waals surface area contributed by atoms with E-state index in [1.165, 1.54) is 5.56 Å². The van der Waals surface area contributed by atoms with Crippen molar-refractivity contribution in [1.82, 2.24) is 30.4 Å². The molecular formula is C20H25N7O4. The van der Waals surface area contributed by atoms with Gasteiger partial charge in [0.25, 0.3) is 6.47 Å². The molecule has 2 fully saturated rings. The fourth-order valence-electron chi connectivity index (χ4n) is 3.42. The van der Waals surface area contributed by atoms with E-state index in [-0.39, 0.29) is 12.5 Å². The van der Waals surface area contributed by atoms with Gasteiger partial charge in [-0.05, 0) is 30.5 Å². The van der Waals surface area contributed by atoms with Crippen molar-refractivity contribution in [2.24, 2.45) is 0 Å². The van der Waals surface area contributed by atoms with Crippen LogP contribution in [0.2, 0.25) is 0 Å². The number of H-pyrrole nitrogens is 2. The SMILES string of the molecule is O=C(Nc1cn[nH]c1-c1nc2ccc(CN3CCOCC3)cc2[nH]1)NC1CC1.O=CO. The van der Waals surface area contributed by atoms with Crippen molar-refractivity contribution < 1.29 is 19.4 Å². The Hall–Kier alpha value is -3.44. The number of ether oxygens (including phenoxy) is 1. The molecule has 31 heavy (non-hydrogen) atoms. The van der Waals surface area contributed by atoms with Gasteiger partial charge in [-0.1, -0.05) is 6.07 Å². The highest BCUT2D eigenvalue weighted by atomic mass is 16.5. The molecule has 164 valence electrons. The van der Waals surface area contributed by atoms with Gasteiger partial charge in [0.05, 0.1) is 36.1 Å². The Balaban J connectivity index is 0.000000730. The number of fused-ring (bicyclic) bond motifs is 1. The maximum atomic E-state index is 12.0. The number of hydrogen-bond donors (Lipinski definition) is 5. The number of amides is 2. The van der Waals surface area contributed by atoms with E-state index in [2.05, 4.69) is 47.8 Å². The van der Waals surface area contributed by atoms with Crippen molar-refractivity contribution in [3.8, 4) is 11.5 Å². The van der Waals surface area contributed by atoms with Crippen molar-refractivity contribution >= 4 is 29.2 Å². The molecule has 2 amide bonds. The number of benzene rings is 1. The van der Waals surface area contributed by atoms with Gasteiger partial charge in [-0.25, -0.2) is 9.78 Å². The van der Waals surface area contributed by atoms with E-state index in [1.807, 2.05) is 6.07 Å². The topological polar surface area (TPSA) is 148 Å². The van der Waals surface area contributed by atoms with Gasteiger partial charge >= 0.3 is 6.03 Å². The maximum absolute atomic E-state index is 12.0. The maximum Gasteiger partial charge on any atom is 0.319 e. The third kappa shape index (κ3) is 5.38. The normalized spacial score (nSPS) is 16.4. The van der Waals surface area contributed by atoms with Crippen LogP contribution < -0.4 is 10.6 Å². The standard InChI is InChI=1S/C19H23N7O2.CH2O2/c27-19(21-13-2-3-13)24-16-10-20-25-17(16)18-22-14-4-1-12(9-15(14)23-18)11-26-5-7-28-8-6-26;2-1-3/h1,4,9-10,13H,2-3,5-8,11H2,(H,20,25)(H,22,23)(H2,21,24,27);1H,(H,2,3). The number of urea groups is 1. The number of aromatic nitrogens is 4. The minimum atomic E-state index is -0.250. The molecule has 0 radical (unpaired) electrons. The Bertz CT molecular complexity index is 1040. The first-order valence-corrected chi connectivity index (χ1v) is 10.1. The summed E-state index contributed by atoms with van der Waals surface area (Å²) in [6, 6.07) is 6.34. The summed E-state index contributed by atoms with van der Waals surface area (Å²) in [5.41, 5.74) is 4.34. The summed E-state index contributed by atoms with van der Waals surface area (Å²) in [7, 11) is 0. The highest BCUT2D eigenvalue weighted by Crippen LogP contribution is 2.26. The van der Waals surface area contributed by atoms with Crippen LogP contribution in [0.3, 0.4) is 0 Å². The second kappa shape index (κ2) is 9.58. The molecular weight excluding hydrogens is 402 g/mol. The first kappa shape index (κ1) is 20.8. The number of nitrogens with zero attached hydrogens (tertiary/aromatic N) is 3. The zero-order chi connectivity index (χ0) is 21.6. The molecule has 0 atom stereocenters. The fourth-order valence-corrected chi connectivity index (χ4v) is 3.42. The molecule has 1 aromatic carbocycles. The molecule has 2 aromatic heterocycles. The minimum absolute atomic E-state index is 0.214. The van der Waals surface area contributed by atoms with Crippen LogP contribution in [0.15, 0.2) is 24.4 Å². The van der Waals surface area contributed by atoms with E-state index < -0.39 is 0 Å². The lowest BCUT2D eigenvalue weighted by atomic mass is 10.2. The average molecular weight is 427 g/mol. The average Bonchev–Trinajstić information content (AvgIpc) is 3.28. The monoisotopic (exact) mass is 427 g/mol. The summed E-state index contributed by atoms with van der Waals surface area (Å²) < 4.78 is 5.41. The van der Waals surface area contributed by atoms with Gasteiger partial charge in [0.2, 0.25) is 0 Å². The predicted molar refractivity (Wildman–Crippen MR) is 114 cm³/mol. The highest BCUT2D eigenvalue weighted by molar-refractivity contribution is 5.93. The number of hydrogen-bond acceptors (Lipinski definition) is 6. The van der Waals surface area contributed by atoms with Gasteiger partial charge in [-0.2, -0.15) is 5.10 Å². The molecule has 1 aliphatic carbocycles. The number of aromatic amines is 2. The van der Waals surface area contributed by atoms with Crippen molar-refractivity contribution in [1.29, 1.82) is 0 Å². The van der Waals surface area contributed by atoms with Crippen LogP contribution in [0.25, 0.3) is 22.6 Å². The Morgan fingerprint density at radius 1 is 1.32 bits per heavy atom. The summed E-state index contributed by atoms with van der Waals surface area (Å²) >= 11 is 0. The third-order valence-electron chi connectivity index (χ3n) is 5.09. The van der Waals surface area contributed by atoms with E-state index >= 15 is 0 Å². The Morgan fingerprint density at radius 2 is 2.10 bits per heavy atom. The second-order valence-corrected chi connectivity index (χ2v) is 7.46. The summed E-state index contributed by atoms with van der Waals surface area (Å²) in [6.07, 6.45) is 3.68. The molecule has 5 N–H and O–H groups in total. The molecule has 0 bridgehead atoms. The lowest BCUT2D eigenvalue weighted by Crippen LogP contribution is -2.35. The molecule has 3 aromatic rings. The van der Waals surface area contributed by atoms with Gasteiger partial charge in [-0.15, -0.1) is 0 Å². The van der Waals surface area contributed by atoms with Crippen molar-refractivity contribution in [3.05, 3.63) is 30.0 Å². The first-order valence-electron chi connectivity index (χ1n) is 10.1. The van der Waals surface area contributed by atoms with Crippen LogP contribution in [-0.2, 0) is 16.1 Å². The van der Waals surface area contributed by atoms with Crippen molar-refractivity contribution in [2.75, 3.05) is 31.6 Å². The van der Waals surface area contributed by atoms with Crippen LogP contribution in [0.4, 0.5) is 10.5 Å². The summed E-state index contributed by atoms with van der Waals surface area (Å²) in [4.78, 5) is 30.8. The van der Waals surface area contributed by atoms with E-state index in [1.54, 1.807) is 6.20 Å². The van der Waals surface area contributed by atoms with Crippen LogP contribution in [0.5, 0.6) is 0 Å². The van der Waals surface area contributed by atoms with E-state index in [9.17, 15) is 4.79 Å². The van der Waals surface area contributed by atoms with E-state index in [4.69, 9.17) is 14.6 Å². The van der Waals surface area contributed by atoms with Crippen molar-refractivity contribution in [3.63, 3.8) is 0 Å². The van der Waals surface area contributed by atoms with Crippen molar-refractivity contribution in [2.45, 2.75) is 25.4 Å².